The smallest absolute Gasteiger partial charge is 0.225 e. The molecule has 0 aliphatic carbocycles. The molecule has 0 spiro atoms. The van der Waals surface area contributed by atoms with Gasteiger partial charge in [0.2, 0.25) is 5.95 Å². The Morgan fingerprint density at radius 3 is 2.55 bits per heavy atom. The number of nitrogens with two attached hydrogens (primary N) is 1. The third kappa shape index (κ3) is 2.59. The molecule has 2 aromatic rings. The summed E-state index contributed by atoms with van der Waals surface area (Å²) in [4.78, 5) is 17.9. The van der Waals surface area contributed by atoms with Gasteiger partial charge in [-0.1, -0.05) is 0 Å². The van der Waals surface area contributed by atoms with Crippen LogP contribution in [0.3, 0.4) is 0 Å². The zero-order valence-corrected chi connectivity index (χ0v) is 12.3. The fourth-order valence-corrected chi connectivity index (χ4v) is 3.00. The number of rotatable bonds is 3. The van der Waals surface area contributed by atoms with Crippen molar-refractivity contribution in [1.29, 1.82) is 0 Å². The summed E-state index contributed by atoms with van der Waals surface area (Å²) in [5, 5.41) is 3.11. The first-order valence-electron chi connectivity index (χ1n) is 6.70. The maximum Gasteiger partial charge on any atom is 0.225 e. The molecule has 1 aliphatic rings. The topological polar surface area (TPSA) is 71.2 Å². The van der Waals surface area contributed by atoms with Crippen LogP contribution in [0.5, 0.6) is 0 Å². The third-order valence-corrected chi connectivity index (χ3v) is 4.37. The molecule has 20 heavy (non-hydrogen) atoms. The van der Waals surface area contributed by atoms with Gasteiger partial charge in [0, 0.05) is 61.8 Å². The lowest BCUT2D eigenvalue weighted by Gasteiger charge is -2.34. The maximum absolute atomic E-state index is 5.65. The van der Waals surface area contributed by atoms with Gasteiger partial charge in [-0.05, 0) is 6.92 Å². The summed E-state index contributed by atoms with van der Waals surface area (Å²) < 4.78 is 0. The van der Waals surface area contributed by atoms with Crippen molar-refractivity contribution in [3.63, 3.8) is 0 Å². The molecule has 0 saturated carbocycles. The largest absolute Gasteiger partial charge is 0.345 e. The molecule has 0 aromatic carbocycles. The van der Waals surface area contributed by atoms with Crippen molar-refractivity contribution in [3.05, 3.63) is 29.0 Å². The number of aryl methyl sites for hydroxylation is 1. The van der Waals surface area contributed by atoms with E-state index in [0.29, 0.717) is 6.54 Å². The molecule has 7 heteroatoms. The van der Waals surface area contributed by atoms with Crippen LogP contribution in [0.2, 0.25) is 0 Å². The lowest BCUT2D eigenvalue weighted by atomic mass is 10.2. The van der Waals surface area contributed by atoms with Gasteiger partial charge in [0.1, 0.15) is 0 Å². The molecule has 2 aromatic heterocycles. The first-order valence-corrected chi connectivity index (χ1v) is 7.58. The van der Waals surface area contributed by atoms with Gasteiger partial charge in [-0.3, -0.25) is 0 Å². The highest BCUT2D eigenvalue weighted by Crippen LogP contribution is 2.20. The molecular weight excluding hydrogens is 272 g/mol. The number of thiazole rings is 1. The Kier molecular flexibility index (Phi) is 3.79. The minimum atomic E-state index is 0.490. The average molecular weight is 290 g/mol. The van der Waals surface area contributed by atoms with Crippen LogP contribution in [-0.4, -0.2) is 41.1 Å². The number of hydrogen-bond donors (Lipinski definition) is 1. The second kappa shape index (κ2) is 5.72. The molecule has 0 radical (unpaired) electrons. The highest BCUT2D eigenvalue weighted by Gasteiger charge is 2.20. The Balaban J connectivity index is 1.67. The van der Waals surface area contributed by atoms with Crippen LogP contribution in [0.1, 0.15) is 11.3 Å². The van der Waals surface area contributed by atoms with Gasteiger partial charge < -0.3 is 15.5 Å². The molecule has 0 amide bonds. The highest BCUT2D eigenvalue weighted by atomic mass is 32.1. The van der Waals surface area contributed by atoms with Crippen LogP contribution in [0.4, 0.5) is 11.1 Å². The molecule has 6 nitrogen and oxygen atoms in total. The molecule has 1 fully saturated rings. The first kappa shape index (κ1) is 13.3. The Bertz CT molecular complexity index is 562. The number of hydrogen-bond acceptors (Lipinski definition) is 7. The van der Waals surface area contributed by atoms with Crippen LogP contribution < -0.4 is 15.5 Å². The summed E-state index contributed by atoms with van der Waals surface area (Å²) in [6, 6.07) is 0. The minimum absolute atomic E-state index is 0.490. The van der Waals surface area contributed by atoms with E-state index in [9.17, 15) is 0 Å². The minimum Gasteiger partial charge on any atom is -0.345 e. The summed E-state index contributed by atoms with van der Waals surface area (Å²) in [6.45, 7) is 6.22. The predicted octanol–water partition coefficient (Wildman–Crippen LogP) is 1.03. The van der Waals surface area contributed by atoms with Gasteiger partial charge >= 0.3 is 0 Å². The number of piperazine rings is 1. The lowest BCUT2D eigenvalue weighted by molar-refractivity contribution is 0.637. The van der Waals surface area contributed by atoms with Crippen molar-refractivity contribution in [1.82, 2.24) is 15.0 Å². The predicted molar refractivity (Wildman–Crippen MR) is 81.2 cm³/mol. The van der Waals surface area contributed by atoms with Crippen molar-refractivity contribution in [2.75, 3.05) is 36.0 Å². The van der Waals surface area contributed by atoms with Gasteiger partial charge in [-0.15, -0.1) is 11.3 Å². The fourth-order valence-electron chi connectivity index (χ4n) is 2.30. The zero-order chi connectivity index (χ0) is 13.9. The SMILES string of the molecule is Cc1nc(N2CCN(c3nccs3)CC2)ncc1CN. The van der Waals surface area contributed by atoms with E-state index in [2.05, 4.69) is 24.8 Å². The monoisotopic (exact) mass is 290 g/mol. The van der Waals surface area contributed by atoms with Gasteiger partial charge in [-0.25, -0.2) is 15.0 Å². The van der Waals surface area contributed by atoms with Gasteiger partial charge in [0.25, 0.3) is 0 Å². The average Bonchev–Trinajstić information content (AvgIpc) is 3.01. The van der Waals surface area contributed by atoms with E-state index in [1.54, 1.807) is 11.3 Å². The molecule has 3 heterocycles. The van der Waals surface area contributed by atoms with Crippen LogP contribution in [0.25, 0.3) is 0 Å². The molecule has 1 saturated heterocycles. The summed E-state index contributed by atoms with van der Waals surface area (Å²) in [6.07, 6.45) is 3.69. The third-order valence-electron chi connectivity index (χ3n) is 3.54. The standard InChI is InChI=1S/C13H18N6S/c1-10-11(8-14)9-16-12(17-10)18-3-5-19(6-4-18)13-15-2-7-20-13/h2,7,9H,3-6,8,14H2,1H3. The molecule has 0 bridgehead atoms. The molecular formula is C13H18N6S. The molecule has 0 atom stereocenters. The molecule has 106 valence electrons. The number of nitrogens with zero attached hydrogens (tertiary/aromatic N) is 5. The molecule has 3 rings (SSSR count). The van der Waals surface area contributed by atoms with Gasteiger partial charge in [-0.2, -0.15) is 0 Å². The summed E-state index contributed by atoms with van der Waals surface area (Å²) in [7, 11) is 0. The van der Waals surface area contributed by atoms with Crippen molar-refractivity contribution in [3.8, 4) is 0 Å². The van der Waals surface area contributed by atoms with Gasteiger partial charge in [0.15, 0.2) is 5.13 Å². The van der Waals surface area contributed by atoms with E-state index in [1.807, 2.05) is 24.7 Å². The van der Waals surface area contributed by atoms with E-state index in [1.165, 1.54) is 0 Å². The Labute approximate surface area is 122 Å². The van der Waals surface area contributed by atoms with E-state index in [4.69, 9.17) is 5.73 Å². The summed E-state index contributed by atoms with van der Waals surface area (Å²) >= 11 is 1.69. The van der Waals surface area contributed by atoms with Crippen LogP contribution in [-0.2, 0) is 6.54 Å². The second-order valence-electron chi connectivity index (χ2n) is 4.77. The van der Waals surface area contributed by atoms with E-state index < -0.39 is 0 Å². The number of aromatic nitrogens is 3. The molecule has 0 unspecified atom stereocenters. The maximum atomic E-state index is 5.65. The Hall–Kier alpha value is -1.73. The van der Waals surface area contributed by atoms with E-state index in [0.717, 1.165) is 48.5 Å². The van der Waals surface area contributed by atoms with E-state index in [-0.39, 0.29) is 0 Å². The first-order chi connectivity index (χ1) is 9.78. The Morgan fingerprint density at radius 2 is 1.95 bits per heavy atom. The summed E-state index contributed by atoms with van der Waals surface area (Å²) in [5.41, 5.74) is 7.63. The van der Waals surface area contributed by atoms with Crippen LogP contribution in [0.15, 0.2) is 17.8 Å². The van der Waals surface area contributed by atoms with Crippen molar-refractivity contribution in [2.24, 2.45) is 5.73 Å². The normalized spacial score (nSPS) is 15.7. The Morgan fingerprint density at radius 1 is 1.20 bits per heavy atom. The molecule has 2 N–H and O–H groups in total. The van der Waals surface area contributed by atoms with Crippen molar-refractivity contribution < 1.29 is 0 Å². The molecule has 1 aliphatic heterocycles. The lowest BCUT2D eigenvalue weighted by Crippen LogP contribution is -2.47. The van der Waals surface area contributed by atoms with Crippen LogP contribution in [0, 0.1) is 6.92 Å². The van der Waals surface area contributed by atoms with Gasteiger partial charge in [0.05, 0.1) is 0 Å². The zero-order valence-electron chi connectivity index (χ0n) is 11.5. The second-order valence-corrected chi connectivity index (χ2v) is 5.65. The number of anilines is 2. The quantitative estimate of drug-likeness (QED) is 0.910. The summed E-state index contributed by atoms with van der Waals surface area (Å²) in [5.74, 6) is 0.804. The van der Waals surface area contributed by atoms with Crippen LogP contribution >= 0.6 is 11.3 Å². The van der Waals surface area contributed by atoms with E-state index >= 15 is 0 Å². The fraction of sp³-hybridized carbons (Fsp3) is 0.462. The van der Waals surface area contributed by atoms with Crippen molar-refractivity contribution >= 4 is 22.4 Å². The highest BCUT2D eigenvalue weighted by molar-refractivity contribution is 7.13. The van der Waals surface area contributed by atoms with Crippen molar-refractivity contribution in [2.45, 2.75) is 13.5 Å².